The lowest BCUT2D eigenvalue weighted by atomic mass is 9.93. The minimum atomic E-state index is -0.276. The van der Waals surface area contributed by atoms with Crippen LogP contribution >= 0.6 is 15.9 Å². The molecule has 166 valence electrons. The topological polar surface area (TPSA) is 63.1 Å². The predicted octanol–water partition coefficient (Wildman–Crippen LogP) is 6.09. The minimum Gasteiger partial charge on any atom is -0.504 e. The first-order valence-corrected chi connectivity index (χ1v) is 11.5. The highest BCUT2D eigenvalue weighted by Gasteiger charge is 2.29. The quantitative estimate of drug-likeness (QED) is 0.434. The van der Waals surface area contributed by atoms with Crippen LogP contribution in [0.4, 0.5) is 0 Å². The molecule has 32 heavy (non-hydrogen) atoms. The van der Waals surface area contributed by atoms with Crippen LogP contribution in [-0.2, 0) is 0 Å². The normalized spacial score (nSPS) is 18.2. The van der Waals surface area contributed by atoms with E-state index in [-0.39, 0.29) is 18.0 Å². The molecule has 0 saturated heterocycles. The van der Waals surface area contributed by atoms with E-state index in [0.29, 0.717) is 18.8 Å². The van der Waals surface area contributed by atoms with Crippen molar-refractivity contribution in [2.75, 3.05) is 13.7 Å². The number of aliphatic imine (C=N–C) groups is 1. The van der Waals surface area contributed by atoms with Crippen molar-refractivity contribution in [1.82, 2.24) is 5.32 Å². The van der Waals surface area contributed by atoms with Crippen molar-refractivity contribution in [2.24, 2.45) is 4.99 Å². The molecule has 4 rings (SSSR count). The highest BCUT2D eigenvalue weighted by atomic mass is 79.9. The van der Waals surface area contributed by atoms with Crippen LogP contribution in [0.1, 0.15) is 47.8 Å². The highest BCUT2D eigenvalue weighted by Crippen LogP contribution is 2.39. The van der Waals surface area contributed by atoms with Gasteiger partial charge in [-0.05, 0) is 59.1 Å². The van der Waals surface area contributed by atoms with Gasteiger partial charge in [0.25, 0.3) is 0 Å². The van der Waals surface area contributed by atoms with Crippen molar-refractivity contribution in [1.29, 1.82) is 0 Å². The van der Waals surface area contributed by atoms with Gasteiger partial charge in [-0.2, -0.15) is 0 Å². The number of hydrogen-bond donors (Lipinski definition) is 2. The van der Waals surface area contributed by atoms with E-state index in [4.69, 9.17) is 14.5 Å². The van der Waals surface area contributed by atoms with Crippen molar-refractivity contribution >= 4 is 21.6 Å². The number of hydrogen-bond acceptors (Lipinski definition) is 5. The van der Waals surface area contributed by atoms with Gasteiger partial charge in [0.2, 0.25) is 0 Å². The van der Waals surface area contributed by atoms with Gasteiger partial charge in [-0.3, -0.25) is 10.3 Å². The molecule has 0 spiro atoms. The number of phenols is 1. The summed E-state index contributed by atoms with van der Waals surface area (Å²) in [6.07, 6.45) is 0.377. The van der Waals surface area contributed by atoms with E-state index in [2.05, 4.69) is 52.4 Å². The number of benzene rings is 3. The van der Waals surface area contributed by atoms with Crippen molar-refractivity contribution in [2.45, 2.75) is 32.5 Å². The summed E-state index contributed by atoms with van der Waals surface area (Å²) >= 11 is 3.58. The van der Waals surface area contributed by atoms with Gasteiger partial charge in [-0.15, -0.1) is 0 Å². The van der Waals surface area contributed by atoms with Gasteiger partial charge in [0, 0.05) is 23.7 Å². The van der Waals surface area contributed by atoms with Gasteiger partial charge in [0.1, 0.15) is 11.9 Å². The zero-order chi connectivity index (χ0) is 22.7. The lowest BCUT2D eigenvalue weighted by Crippen LogP contribution is -2.33. The average Bonchev–Trinajstić information content (AvgIpc) is 2.80. The Morgan fingerprint density at radius 2 is 1.88 bits per heavy atom. The van der Waals surface area contributed by atoms with Crippen LogP contribution in [0.15, 0.2) is 70.1 Å². The lowest BCUT2D eigenvalue weighted by molar-refractivity contribution is 0.313. The molecular weight excluding hydrogens is 468 g/mol. The largest absolute Gasteiger partial charge is 0.504 e. The van der Waals surface area contributed by atoms with E-state index in [9.17, 15) is 5.11 Å². The van der Waals surface area contributed by atoms with Gasteiger partial charge in [-0.25, -0.2) is 0 Å². The van der Waals surface area contributed by atoms with Crippen molar-refractivity contribution in [3.63, 3.8) is 0 Å². The van der Waals surface area contributed by atoms with Crippen molar-refractivity contribution < 1.29 is 14.6 Å². The second-order valence-corrected chi connectivity index (χ2v) is 8.64. The van der Waals surface area contributed by atoms with E-state index in [1.807, 2.05) is 37.3 Å². The van der Waals surface area contributed by atoms with Crippen molar-refractivity contribution in [3.8, 4) is 17.2 Å². The standard InChI is InChI=1S/C26H27BrN2O3/c1-4-32-24-7-5-6-19(25(24)30)22-15-21(17-10-8-16(2)9-11-17)28-26(29-22)18-12-13-23(31-3)20(27)14-18/h5-14,22,26,29-30H,4,15H2,1-3H3/t22-,26+/m1/s1. The molecule has 0 fully saturated rings. The molecule has 6 heteroatoms. The number of aromatic hydroxyl groups is 1. The molecule has 3 aromatic rings. The van der Waals surface area contributed by atoms with Crippen LogP contribution in [-0.4, -0.2) is 24.5 Å². The number of nitrogens with zero attached hydrogens (tertiary/aromatic N) is 1. The van der Waals surface area contributed by atoms with E-state index >= 15 is 0 Å². The summed E-state index contributed by atoms with van der Waals surface area (Å²) in [4.78, 5) is 5.04. The van der Waals surface area contributed by atoms with E-state index < -0.39 is 0 Å². The number of para-hydroxylation sites is 1. The van der Waals surface area contributed by atoms with Crippen LogP contribution in [0.2, 0.25) is 0 Å². The summed E-state index contributed by atoms with van der Waals surface area (Å²) in [7, 11) is 1.65. The van der Waals surface area contributed by atoms with Crippen LogP contribution in [0.5, 0.6) is 17.2 Å². The number of methoxy groups -OCH3 is 1. The number of halogens is 1. The minimum absolute atomic E-state index is 0.130. The zero-order valence-electron chi connectivity index (χ0n) is 18.4. The number of ether oxygens (including phenoxy) is 2. The average molecular weight is 495 g/mol. The van der Waals surface area contributed by atoms with Crippen molar-refractivity contribution in [3.05, 3.63) is 87.4 Å². The molecule has 1 aliphatic heterocycles. The van der Waals surface area contributed by atoms with E-state index in [1.165, 1.54) is 5.56 Å². The Morgan fingerprint density at radius 3 is 2.56 bits per heavy atom. The monoisotopic (exact) mass is 494 g/mol. The molecule has 0 radical (unpaired) electrons. The third kappa shape index (κ3) is 4.66. The van der Waals surface area contributed by atoms with Gasteiger partial charge in [-0.1, -0.05) is 48.0 Å². The Kier molecular flexibility index (Phi) is 6.82. The second kappa shape index (κ2) is 9.76. The number of rotatable bonds is 6. The first-order chi connectivity index (χ1) is 15.5. The highest BCUT2D eigenvalue weighted by molar-refractivity contribution is 9.10. The van der Waals surface area contributed by atoms with Crippen LogP contribution in [0.3, 0.4) is 0 Å². The maximum Gasteiger partial charge on any atom is 0.162 e. The van der Waals surface area contributed by atoms with Gasteiger partial charge >= 0.3 is 0 Å². The molecule has 0 bridgehead atoms. The van der Waals surface area contributed by atoms with Crippen LogP contribution in [0.25, 0.3) is 0 Å². The summed E-state index contributed by atoms with van der Waals surface area (Å²) in [5, 5.41) is 14.5. The molecule has 0 amide bonds. The first-order valence-electron chi connectivity index (χ1n) is 10.7. The fraction of sp³-hybridized carbons (Fsp3) is 0.269. The molecule has 0 aromatic heterocycles. The molecule has 0 unspecified atom stereocenters. The summed E-state index contributed by atoms with van der Waals surface area (Å²) < 4.78 is 11.9. The SMILES string of the molecule is CCOc1cccc([C@H]2CC(c3ccc(C)cc3)=N[C@H](c3ccc(OC)c(Br)c3)N2)c1O. The van der Waals surface area contributed by atoms with E-state index in [1.54, 1.807) is 13.2 Å². The Hall–Kier alpha value is -2.83. The van der Waals surface area contributed by atoms with Crippen LogP contribution in [0, 0.1) is 6.92 Å². The Balaban J connectivity index is 1.76. The molecule has 2 N–H and O–H groups in total. The fourth-order valence-electron chi connectivity index (χ4n) is 3.94. The molecule has 3 aromatic carbocycles. The Labute approximate surface area is 197 Å². The summed E-state index contributed by atoms with van der Waals surface area (Å²) in [5.74, 6) is 1.44. The molecule has 0 aliphatic carbocycles. The molecule has 1 aliphatic rings. The molecular formula is C26H27BrN2O3. The Morgan fingerprint density at radius 1 is 1.09 bits per heavy atom. The maximum atomic E-state index is 10.9. The second-order valence-electron chi connectivity index (χ2n) is 7.79. The third-order valence-corrected chi connectivity index (χ3v) is 6.24. The molecule has 5 nitrogen and oxygen atoms in total. The van der Waals surface area contributed by atoms with Crippen LogP contribution < -0.4 is 14.8 Å². The lowest BCUT2D eigenvalue weighted by Gasteiger charge is -2.31. The first kappa shape index (κ1) is 22.4. The zero-order valence-corrected chi connectivity index (χ0v) is 20.0. The number of nitrogens with one attached hydrogen (secondary N) is 1. The third-order valence-electron chi connectivity index (χ3n) is 5.62. The number of aryl methyl sites for hydroxylation is 1. The van der Waals surface area contributed by atoms with Gasteiger partial charge in [0.05, 0.1) is 18.2 Å². The summed E-state index contributed by atoms with van der Waals surface area (Å²) in [6, 6.07) is 19.9. The molecule has 1 heterocycles. The van der Waals surface area contributed by atoms with E-state index in [0.717, 1.165) is 32.6 Å². The van der Waals surface area contributed by atoms with Gasteiger partial charge in [0.15, 0.2) is 11.5 Å². The maximum absolute atomic E-state index is 10.9. The predicted molar refractivity (Wildman–Crippen MR) is 131 cm³/mol. The van der Waals surface area contributed by atoms with Gasteiger partial charge < -0.3 is 14.6 Å². The Bertz CT molecular complexity index is 1130. The fourth-order valence-corrected chi connectivity index (χ4v) is 4.50. The number of phenolic OH excluding ortho intramolecular Hbond substituents is 1. The summed E-state index contributed by atoms with van der Waals surface area (Å²) in [6.45, 7) is 4.48. The molecule has 0 saturated carbocycles. The molecule has 2 atom stereocenters. The summed E-state index contributed by atoms with van der Waals surface area (Å²) in [5.41, 5.74) is 5.09. The smallest absolute Gasteiger partial charge is 0.162 e.